The topological polar surface area (TPSA) is 82.2 Å². The summed E-state index contributed by atoms with van der Waals surface area (Å²) in [5.41, 5.74) is 1.46. The van der Waals surface area contributed by atoms with Crippen LogP contribution in [0.5, 0.6) is 0 Å². The number of aliphatic hydroxyl groups is 1. The van der Waals surface area contributed by atoms with E-state index < -0.39 is 17.1 Å². The predicted octanol–water partition coefficient (Wildman–Crippen LogP) is 4.02. The molecular weight excluding hydrogens is 364 g/mol. The molecule has 3 rings (SSSR count). The highest BCUT2D eigenvalue weighted by molar-refractivity contribution is 6.30. The van der Waals surface area contributed by atoms with Gasteiger partial charge < -0.3 is 15.4 Å². The highest BCUT2D eigenvalue weighted by Gasteiger charge is 2.28. The molecule has 1 heterocycles. The number of aromatic amines is 1. The number of H-pyrrole nitrogens is 1. The summed E-state index contributed by atoms with van der Waals surface area (Å²) in [6.45, 7) is 7.57. The Morgan fingerprint density at radius 1 is 1.30 bits per heavy atom. The molecule has 0 radical (unpaired) electrons. The van der Waals surface area contributed by atoms with Crippen molar-refractivity contribution < 1.29 is 9.90 Å². The van der Waals surface area contributed by atoms with Crippen LogP contribution in [0.1, 0.15) is 61.3 Å². The molecule has 0 bridgehead atoms. The van der Waals surface area contributed by atoms with Crippen LogP contribution >= 0.6 is 11.6 Å². The number of hydrogen-bond acceptors (Lipinski definition) is 3. The van der Waals surface area contributed by atoms with Crippen molar-refractivity contribution in [1.82, 2.24) is 4.98 Å². The average Bonchev–Trinajstić information content (AvgIpc) is 2.54. The zero-order chi connectivity index (χ0) is 20.0. The third kappa shape index (κ3) is 4.25. The van der Waals surface area contributed by atoms with Crippen LogP contribution in [-0.4, -0.2) is 16.0 Å². The Hall–Kier alpha value is -2.11. The molecule has 0 atom stereocenters. The molecule has 144 valence electrons. The van der Waals surface area contributed by atoms with Crippen LogP contribution in [0, 0.1) is 5.41 Å². The summed E-state index contributed by atoms with van der Waals surface area (Å²) in [5.74, 6) is -0.503. The summed E-state index contributed by atoms with van der Waals surface area (Å²) < 4.78 is 0. The van der Waals surface area contributed by atoms with Crippen LogP contribution in [0.25, 0.3) is 0 Å². The molecule has 0 spiro atoms. The number of amides is 1. The van der Waals surface area contributed by atoms with E-state index in [1.54, 1.807) is 38.1 Å². The summed E-state index contributed by atoms with van der Waals surface area (Å²) >= 11 is 6.03. The summed E-state index contributed by atoms with van der Waals surface area (Å²) in [7, 11) is 0. The summed E-state index contributed by atoms with van der Waals surface area (Å²) in [6.07, 6.45) is 2.63. The SMILES string of the molecule is CC1(C)CCc2cc(C(=O)Nc3ccc(Cl)cc3C(C)(C)O)c(=O)[nH]c2C1. The lowest BCUT2D eigenvalue weighted by Gasteiger charge is -2.30. The minimum absolute atomic E-state index is 0.0742. The number of aromatic nitrogens is 1. The Morgan fingerprint density at radius 2 is 2.00 bits per heavy atom. The molecule has 1 aliphatic rings. The number of anilines is 1. The first-order chi connectivity index (χ1) is 12.5. The van der Waals surface area contributed by atoms with Crippen LogP contribution in [0.2, 0.25) is 5.02 Å². The van der Waals surface area contributed by atoms with Crippen molar-refractivity contribution in [3.63, 3.8) is 0 Å². The zero-order valence-electron chi connectivity index (χ0n) is 16.1. The van der Waals surface area contributed by atoms with E-state index in [-0.39, 0.29) is 11.0 Å². The fraction of sp³-hybridized carbons (Fsp3) is 0.429. The van der Waals surface area contributed by atoms with Gasteiger partial charge in [0.2, 0.25) is 0 Å². The van der Waals surface area contributed by atoms with Crippen molar-refractivity contribution in [1.29, 1.82) is 0 Å². The number of carbonyl (C=O) groups is 1. The highest BCUT2D eigenvalue weighted by atomic mass is 35.5. The van der Waals surface area contributed by atoms with Gasteiger partial charge in [0, 0.05) is 22.0 Å². The maximum absolute atomic E-state index is 12.8. The lowest BCUT2D eigenvalue weighted by atomic mass is 9.76. The number of carbonyl (C=O) groups excluding carboxylic acids is 1. The van der Waals surface area contributed by atoms with Crippen LogP contribution in [-0.2, 0) is 18.4 Å². The minimum atomic E-state index is -1.19. The standard InChI is InChI=1S/C21H25ClN2O3/c1-20(2)8-7-12-9-14(19(26)24-17(12)11-20)18(25)23-16-6-5-13(22)10-15(16)21(3,4)27/h5-6,9-10,27H,7-8,11H2,1-4H3,(H,23,25)(H,24,26). The Bertz CT molecular complexity index is 955. The van der Waals surface area contributed by atoms with E-state index in [1.165, 1.54) is 0 Å². The molecule has 3 N–H and O–H groups in total. The first kappa shape index (κ1) is 19.6. The van der Waals surface area contributed by atoms with Crippen LogP contribution < -0.4 is 10.9 Å². The lowest BCUT2D eigenvalue weighted by Crippen LogP contribution is -2.30. The third-order valence-corrected chi connectivity index (χ3v) is 5.31. The number of halogens is 1. The fourth-order valence-electron chi connectivity index (χ4n) is 3.52. The Kier molecular flexibility index (Phi) is 4.95. The molecule has 27 heavy (non-hydrogen) atoms. The van der Waals surface area contributed by atoms with Crippen molar-refractivity contribution >= 4 is 23.2 Å². The predicted molar refractivity (Wildman–Crippen MR) is 108 cm³/mol. The molecule has 5 nitrogen and oxygen atoms in total. The molecule has 0 unspecified atom stereocenters. The number of hydrogen-bond donors (Lipinski definition) is 3. The monoisotopic (exact) mass is 388 g/mol. The van der Waals surface area contributed by atoms with Crippen LogP contribution in [0.15, 0.2) is 29.1 Å². The number of fused-ring (bicyclic) bond motifs is 1. The number of pyridine rings is 1. The Labute approximate surface area is 163 Å². The molecular formula is C21H25ClN2O3. The number of aryl methyl sites for hydroxylation is 1. The van der Waals surface area contributed by atoms with E-state index in [1.807, 2.05) is 0 Å². The van der Waals surface area contributed by atoms with Crippen molar-refractivity contribution in [2.75, 3.05) is 5.32 Å². The van der Waals surface area contributed by atoms with E-state index in [4.69, 9.17) is 11.6 Å². The van der Waals surface area contributed by atoms with Crippen molar-refractivity contribution in [2.24, 2.45) is 5.41 Å². The molecule has 0 fully saturated rings. The second-order valence-electron chi connectivity index (χ2n) is 8.56. The Balaban J connectivity index is 1.94. The van der Waals surface area contributed by atoms with Crippen LogP contribution in [0.4, 0.5) is 5.69 Å². The van der Waals surface area contributed by atoms with Gasteiger partial charge in [-0.3, -0.25) is 9.59 Å². The Morgan fingerprint density at radius 3 is 2.67 bits per heavy atom. The smallest absolute Gasteiger partial charge is 0.261 e. The second kappa shape index (κ2) is 6.80. The molecule has 1 aliphatic carbocycles. The van der Waals surface area contributed by atoms with E-state index in [2.05, 4.69) is 24.1 Å². The third-order valence-electron chi connectivity index (χ3n) is 5.08. The lowest BCUT2D eigenvalue weighted by molar-refractivity contribution is 0.0792. The molecule has 0 saturated heterocycles. The quantitative estimate of drug-likeness (QED) is 0.742. The summed E-state index contributed by atoms with van der Waals surface area (Å²) in [4.78, 5) is 28.1. The first-order valence-electron chi connectivity index (χ1n) is 9.05. The summed E-state index contributed by atoms with van der Waals surface area (Å²) in [5, 5.41) is 13.6. The molecule has 0 saturated carbocycles. The first-order valence-corrected chi connectivity index (χ1v) is 9.43. The largest absolute Gasteiger partial charge is 0.386 e. The molecule has 1 aromatic carbocycles. The molecule has 2 aromatic rings. The normalized spacial score (nSPS) is 15.9. The minimum Gasteiger partial charge on any atom is -0.386 e. The van der Waals surface area contributed by atoms with E-state index in [9.17, 15) is 14.7 Å². The van der Waals surface area contributed by atoms with Gasteiger partial charge in [-0.05, 0) is 68.4 Å². The van der Waals surface area contributed by atoms with Gasteiger partial charge in [0.1, 0.15) is 5.56 Å². The zero-order valence-corrected chi connectivity index (χ0v) is 16.8. The van der Waals surface area contributed by atoms with Gasteiger partial charge in [-0.15, -0.1) is 0 Å². The van der Waals surface area contributed by atoms with Gasteiger partial charge in [0.05, 0.1) is 5.60 Å². The summed E-state index contributed by atoms with van der Waals surface area (Å²) in [6, 6.07) is 6.56. The average molecular weight is 389 g/mol. The van der Waals surface area contributed by atoms with E-state index >= 15 is 0 Å². The molecule has 0 aliphatic heterocycles. The van der Waals surface area contributed by atoms with Gasteiger partial charge >= 0.3 is 0 Å². The highest BCUT2D eigenvalue weighted by Crippen LogP contribution is 2.34. The maximum Gasteiger partial charge on any atom is 0.261 e. The molecule has 6 heteroatoms. The molecule has 1 aromatic heterocycles. The van der Waals surface area contributed by atoms with Crippen molar-refractivity contribution in [2.45, 2.75) is 52.6 Å². The number of rotatable bonds is 3. The van der Waals surface area contributed by atoms with Gasteiger partial charge in [-0.25, -0.2) is 0 Å². The van der Waals surface area contributed by atoms with E-state index in [0.717, 1.165) is 30.5 Å². The van der Waals surface area contributed by atoms with Crippen molar-refractivity contribution in [3.8, 4) is 0 Å². The molecule has 1 amide bonds. The second-order valence-corrected chi connectivity index (χ2v) is 9.00. The van der Waals surface area contributed by atoms with Crippen molar-refractivity contribution in [3.05, 3.63) is 62.0 Å². The van der Waals surface area contributed by atoms with Crippen LogP contribution in [0.3, 0.4) is 0 Å². The van der Waals surface area contributed by atoms with Gasteiger partial charge in [-0.2, -0.15) is 0 Å². The van der Waals surface area contributed by atoms with Gasteiger partial charge in [0.25, 0.3) is 11.5 Å². The fourth-order valence-corrected chi connectivity index (χ4v) is 3.69. The number of nitrogens with one attached hydrogen (secondary N) is 2. The van der Waals surface area contributed by atoms with Gasteiger partial charge in [0.15, 0.2) is 0 Å². The number of benzene rings is 1. The maximum atomic E-state index is 12.8. The van der Waals surface area contributed by atoms with E-state index in [0.29, 0.717) is 16.3 Å². The van der Waals surface area contributed by atoms with Gasteiger partial charge in [-0.1, -0.05) is 25.4 Å².